The molecule has 1 atom stereocenters. The maximum atomic E-state index is 14.4. The topological polar surface area (TPSA) is 42.7 Å². The van der Waals surface area contributed by atoms with Gasteiger partial charge in [-0.2, -0.15) is 10.1 Å². The van der Waals surface area contributed by atoms with Crippen LogP contribution in [-0.4, -0.2) is 14.8 Å². The summed E-state index contributed by atoms with van der Waals surface area (Å²) in [5.41, 5.74) is 2.21. The third kappa shape index (κ3) is 2.39. The summed E-state index contributed by atoms with van der Waals surface area (Å²) in [6, 6.07) is 14.0. The Hall–Kier alpha value is -2.66. The number of nitrogens with zero attached hydrogens (tertiary/aromatic N) is 3. The fourth-order valence-corrected chi connectivity index (χ4v) is 2.99. The lowest BCUT2D eigenvalue weighted by atomic mass is 10.0. The number of anilines is 1. The molecule has 0 bridgehead atoms. The number of nitrogens with one attached hydrogen (secondary N) is 1. The van der Waals surface area contributed by atoms with Gasteiger partial charge >= 0.3 is 0 Å². The first-order valence-corrected chi connectivity index (χ1v) is 7.49. The van der Waals surface area contributed by atoms with E-state index in [0.29, 0.717) is 16.5 Å². The van der Waals surface area contributed by atoms with E-state index in [1.54, 1.807) is 16.8 Å². The van der Waals surface area contributed by atoms with E-state index in [1.165, 1.54) is 12.4 Å². The van der Waals surface area contributed by atoms with Gasteiger partial charge in [-0.1, -0.05) is 48.0 Å². The molecule has 0 radical (unpaired) electrons. The number of fused-ring (bicyclic) bond motifs is 1. The predicted molar refractivity (Wildman–Crippen MR) is 87.6 cm³/mol. The van der Waals surface area contributed by atoms with Gasteiger partial charge in [0.2, 0.25) is 5.95 Å². The molecule has 2 heterocycles. The largest absolute Gasteiger partial charge is 0.324 e. The molecule has 0 saturated heterocycles. The van der Waals surface area contributed by atoms with Gasteiger partial charge in [0.05, 0.1) is 0 Å². The first kappa shape index (κ1) is 14.0. The predicted octanol–water partition coefficient (Wildman–Crippen LogP) is 4.13. The maximum Gasteiger partial charge on any atom is 0.226 e. The highest BCUT2D eigenvalue weighted by Crippen LogP contribution is 2.36. The molecule has 4 nitrogen and oxygen atoms in total. The minimum absolute atomic E-state index is 0.363. The van der Waals surface area contributed by atoms with Crippen molar-refractivity contribution in [3.8, 4) is 0 Å². The Morgan fingerprint density at radius 2 is 1.91 bits per heavy atom. The van der Waals surface area contributed by atoms with Crippen molar-refractivity contribution < 1.29 is 4.39 Å². The Labute approximate surface area is 137 Å². The third-order valence-corrected chi connectivity index (χ3v) is 4.12. The van der Waals surface area contributed by atoms with Crippen LogP contribution < -0.4 is 5.32 Å². The Balaban J connectivity index is 1.89. The van der Waals surface area contributed by atoms with Crippen LogP contribution in [0.3, 0.4) is 0 Å². The van der Waals surface area contributed by atoms with Crippen LogP contribution in [0.5, 0.6) is 0 Å². The summed E-state index contributed by atoms with van der Waals surface area (Å²) < 4.78 is 16.0. The van der Waals surface area contributed by atoms with Gasteiger partial charge in [0.25, 0.3) is 0 Å². The van der Waals surface area contributed by atoms with Gasteiger partial charge in [0, 0.05) is 16.3 Å². The smallest absolute Gasteiger partial charge is 0.226 e. The van der Waals surface area contributed by atoms with Crippen LogP contribution >= 0.6 is 11.6 Å². The fourth-order valence-electron chi connectivity index (χ4n) is 2.72. The van der Waals surface area contributed by atoms with E-state index < -0.39 is 6.04 Å². The van der Waals surface area contributed by atoms with E-state index in [-0.39, 0.29) is 5.82 Å². The number of allylic oxidation sites excluding steroid dienone is 1. The molecule has 1 N–H and O–H groups in total. The van der Waals surface area contributed by atoms with Gasteiger partial charge in [-0.25, -0.2) is 9.07 Å². The van der Waals surface area contributed by atoms with Crippen LogP contribution in [0.25, 0.3) is 5.70 Å². The van der Waals surface area contributed by atoms with E-state index in [4.69, 9.17) is 11.6 Å². The van der Waals surface area contributed by atoms with Crippen molar-refractivity contribution in [2.45, 2.75) is 6.04 Å². The van der Waals surface area contributed by atoms with Gasteiger partial charge in [0.1, 0.15) is 18.2 Å². The molecule has 0 fully saturated rings. The Kier molecular flexibility index (Phi) is 3.35. The van der Waals surface area contributed by atoms with Crippen LogP contribution in [0.15, 0.2) is 60.9 Å². The van der Waals surface area contributed by atoms with Crippen LogP contribution in [0.2, 0.25) is 5.02 Å². The fraction of sp³-hybridized carbons (Fsp3) is 0.0588. The van der Waals surface area contributed by atoms with Crippen molar-refractivity contribution in [1.82, 2.24) is 14.8 Å². The van der Waals surface area contributed by atoms with Crippen LogP contribution in [0.4, 0.5) is 10.3 Å². The zero-order valence-corrected chi connectivity index (χ0v) is 12.7. The molecule has 114 valence electrons. The average molecular weight is 327 g/mol. The molecule has 0 aliphatic carbocycles. The van der Waals surface area contributed by atoms with Gasteiger partial charge in [-0.15, -0.1) is 0 Å². The number of hydrogen-bond acceptors (Lipinski definition) is 3. The van der Waals surface area contributed by atoms with E-state index in [9.17, 15) is 4.39 Å². The molecule has 23 heavy (non-hydrogen) atoms. The summed E-state index contributed by atoms with van der Waals surface area (Å²) in [5.74, 6) is 0.185. The minimum Gasteiger partial charge on any atom is -0.324 e. The van der Waals surface area contributed by atoms with Crippen molar-refractivity contribution in [2.24, 2.45) is 0 Å². The second kappa shape index (κ2) is 5.52. The molecule has 2 aromatic carbocycles. The molecular weight excluding hydrogens is 315 g/mol. The number of aromatic nitrogens is 3. The number of hydrogen-bond donors (Lipinski definition) is 1. The molecule has 0 amide bonds. The zero-order chi connectivity index (χ0) is 15.8. The van der Waals surface area contributed by atoms with Crippen molar-refractivity contribution in [1.29, 1.82) is 0 Å². The molecule has 0 spiro atoms. The van der Waals surface area contributed by atoms with Crippen molar-refractivity contribution >= 4 is 23.2 Å². The summed E-state index contributed by atoms with van der Waals surface area (Å²) in [5, 5.41) is 7.78. The molecule has 6 heteroatoms. The summed E-state index contributed by atoms with van der Waals surface area (Å²) in [6.07, 6.45) is 3.34. The monoisotopic (exact) mass is 326 g/mol. The summed E-state index contributed by atoms with van der Waals surface area (Å²) >= 11 is 6.24. The molecule has 1 aliphatic heterocycles. The molecule has 1 aliphatic rings. The zero-order valence-electron chi connectivity index (χ0n) is 11.9. The maximum absolute atomic E-state index is 14.4. The van der Waals surface area contributed by atoms with Gasteiger partial charge in [0.15, 0.2) is 0 Å². The van der Waals surface area contributed by atoms with E-state index in [1.807, 2.05) is 36.4 Å². The molecule has 4 rings (SSSR count). The Morgan fingerprint density at radius 1 is 1.09 bits per heavy atom. The second-order valence-corrected chi connectivity index (χ2v) is 5.59. The Bertz CT molecular complexity index is 868. The SMILES string of the molecule is Fc1cccc(Cl)c1C1C=C(c2ccccc2)Nc2ncnn21. The lowest BCUT2D eigenvalue weighted by molar-refractivity contribution is 0.551. The second-order valence-electron chi connectivity index (χ2n) is 5.18. The number of rotatable bonds is 2. The Morgan fingerprint density at radius 3 is 2.70 bits per heavy atom. The van der Waals surface area contributed by atoms with Gasteiger partial charge in [-0.3, -0.25) is 0 Å². The standard InChI is InChI=1S/C17H12ClFN4/c18-12-7-4-8-13(19)16(12)15-9-14(11-5-2-1-3-6-11)22-17-20-10-21-23(15)17/h1-10,15H,(H,20,21,22). The van der Waals surface area contributed by atoms with E-state index in [0.717, 1.165) is 11.3 Å². The van der Waals surface area contributed by atoms with Crippen LogP contribution in [0, 0.1) is 5.82 Å². The summed E-state index contributed by atoms with van der Waals surface area (Å²) in [4.78, 5) is 4.20. The summed E-state index contributed by atoms with van der Waals surface area (Å²) in [7, 11) is 0. The van der Waals surface area contributed by atoms with Crippen LogP contribution in [-0.2, 0) is 0 Å². The van der Waals surface area contributed by atoms with Crippen LogP contribution in [0.1, 0.15) is 17.2 Å². The molecule has 1 aromatic heterocycles. The van der Waals surface area contributed by atoms with Crippen molar-refractivity contribution in [3.63, 3.8) is 0 Å². The molecular formula is C17H12ClFN4. The number of benzene rings is 2. The van der Waals surface area contributed by atoms with Gasteiger partial charge in [-0.05, 0) is 23.8 Å². The number of halogens is 2. The van der Waals surface area contributed by atoms with E-state index in [2.05, 4.69) is 15.4 Å². The third-order valence-electron chi connectivity index (χ3n) is 3.79. The highest BCUT2D eigenvalue weighted by molar-refractivity contribution is 6.31. The molecule has 1 unspecified atom stereocenters. The van der Waals surface area contributed by atoms with Crippen molar-refractivity contribution in [3.05, 3.63) is 82.9 Å². The summed E-state index contributed by atoms with van der Waals surface area (Å²) in [6.45, 7) is 0. The quantitative estimate of drug-likeness (QED) is 0.770. The lowest BCUT2D eigenvalue weighted by Gasteiger charge is -2.25. The normalized spacial score (nSPS) is 16.4. The lowest BCUT2D eigenvalue weighted by Crippen LogP contribution is -2.21. The highest BCUT2D eigenvalue weighted by Gasteiger charge is 2.27. The average Bonchev–Trinajstić information content (AvgIpc) is 3.04. The molecule has 3 aromatic rings. The first-order valence-electron chi connectivity index (χ1n) is 7.12. The minimum atomic E-state index is -0.461. The highest BCUT2D eigenvalue weighted by atomic mass is 35.5. The van der Waals surface area contributed by atoms with Crippen molar-refractivity contribution in [2.75, 3.05) is 5.32 Å². The molecule has 0 saturated carbocycles. The first-order chi connectivity index (χ1) is 11.2. The van der Waals surface area contributed by atoms with E-state index >= 15 is 0 Å². The van der Waals surface area contributed by atoms with Gasteiger partial charge < -0.3 is 5.32 Å².